The number of rotatable bonds is 10. The maximum atomic E-state index is 5.93. The van der Waals surface area contributed by atoms with Crippen LogP contribution < -0.4 is 0 Å². The average Bonchev–Trinajstić information content (AvgIpc) is 2.17. The van der Waals surface area contributed by atoms with Crippen molar-refractivity contribution in [3.05, 3.63) is 0 Å². The fraction of sp³-hybridized carbons (Fsp3) is 1.00. The van der Waals surface area contributed by atoms with E-state index in [1.54, 1.807) is 0 Å². The van der Waals surface area contributed by atoms with Crippen molar-refractivity contribution in [1.82, 2.24) is 0 Å². The van der Waals surface area contributed by atoms with Gasteiger partial charge in [0.05, 0.1) is 0 Å². The highest BCUT2D eigenvalue weighted by molar-refractivity contribution is 6.31. The summed E-state index contributed by atoms with van der Waals surface area (Å²) in [4.78, 5) is 0. The van der Waals surface area contributed by atoms with E-state index in [-0.39, 0.29) is 15.4 Å². The maximum Gasteiger partial charge on any atom is 0.163 e. The third-order valence-electron chi connectivity index (χ3n) is 2.65. The summed E-state index contributed by atoms with van der Waals surface area (Å²) in [6.07, 6.45) is 7.95. The lowest BCUT2D eigenvalue weighted by Crippen LogP contribution is -2.26. The van der Waals surface area contributed by atoms with Gasteiger partial charge in [0.2, 0.25) is 0 Å². The van der Waals surface area contributed by atoms with Gasteiger partial charge >= 0.3 is 0 Å². The van der Waals surface area contributed by atoms with E-state index in [0.717, 1.165) is 11.9 Å². The maximum absolute atomic E-state index is 5.93. The minimum absolute atomic E-state index is 0.102. The molecule has 0 aliphatic heterocycles. The minimum atomic E-state index is -0.369. The molecule has 0 aliphatic rings. The molecular weight excluding hydrogens is 224 g/mol. The quantitative estimate of drug-likeness (QED) is 0.325. The lowest BCUT2D eigenvalue weighted by Gasteiger charge is -2.25. The Bertz CT molecular complexity index is 140. The Kier molecular flexibility index (Phi) is 9.98. The van der Waals surface area contributed by atoms with E-state index < -0.39 is 0 Å². The van der Waals surface area contributed by atoms with Crippen LogP contribution >= 0.6 is 11.6 Å². The van der Waals surface area contributed by atoms with Crippen LogP contribution in [0.2, 0.25) is 6.04 Å². The smallest absolute Gasteiger partial charge is 0.163 e. The van der Waals surface area contributed by atoms with Crippen molar-refractivity contribution in [2.45, 2.75) is 70.9 Å². The number of unbranched alkanes of at least 4 members (excludes halogenated alkanes) is 4. The van der Waals surface area contributed by atoms with E-state index in [1.807, 2.05) is 0 Å². The first-order valence-corrected chi connectivity index (χ1v) is 8.43. The van der Waals surface area contributed by atoms with E-state index in [1.165, 1.54) is 38.5 Å². The van der Waals surface area contributed by atoms with Crippen molar-refractivity contribution in [1.29, 1.82) is 0 Å². The molecule has 0 aromatic heterocycles. The van der Waals surface area contributed by atoms with Gasteiger partial charge in [-0.05, 0) is 26.3 Å². The third kappa shape index (κ3) is 10.7. The van der Waals surface area contributed by atoms with Gasteiger partial charge in [-0.15, -0.1) is 11.6 Å². The normalized spacial score (nSPS) is 12.8. The summed E-state index contributed by atoms with van der Waals surface area (Å²) in [5.41, 5.74) is 0.102. The second-order valence-electron chi connectivity index (χ2n) is 4.81. The van der Waals surface area contributed by atoms with Gasteiger partial charge in [0.15, 0.2) is 9.76 Å². The SMILES string of the molecule is CCCCCCCC(C)(C)O[SiH2]CCCl. The summed E-state index contributed by atoms with van der Waals surface area (Å²) in [6.45, 7) is 6.69. The average molecular weight is 251 g/mol. The summed E-state index contributed by atoms with van der Waals surface area (Å²) in [5.74, 6) is 0.763. The minimum Gasteiger partial charge on any atom is -0.419 e. The van der Waals surface area contributed by atoms with Crippen molar-refractivity contribution < 1.29 is 4.43 Å². The molecule has 0 rings (SSSR count). The molecule has 0 saturated heterocycles. The van der Waals surface area contributed by atoms with Crippen LogP contribution in [0.25, 0.3) is 0 Å². The molecule has 0 saturated carbocycles. The Hall–Kier alpha value is 0.467. The first-order valence-electron chi connectivity index (χ1n) is 6.32. The van der Waals surface area contributed by atoms with Gasteiger partial charge in [0.1, 0.15) is 0 Å². The monoisotopic (exact) mass is 250 g/mol. The molecule has 92 valence electrons. The highest BCUT2D eigenvalue weighted by Gasteiger charge is 2.16. The molecule has 0 amide bonds. The van der Waals surface area contributed by atoms with E-state index in [2.05, 4.69) is 20.8 Å². The Morgan fingerprint density at radius 1 is 1.13 bits per heavy atom. The Morgan fingerprint density at radius 2 is 1.80 bits per heavy atom. The number of halogens is 1. The van der Waals surface area contributed by atoms with Crippen LogP contribution in [-0.2, 0) is 4.43 Å². The lowest BCUT2D eigenvalue weighted by molar-refractivity contribution is 0.102. The first-order chi connectivity index (χ1) is 7.12. The van der Waals surface area contributed by atoms with Gasteiger partial charge in [-0.2, -0.15) is 0 Å². The molecule has 0 N–H and O–H groups in total. The fourth-order valence-corrected chi connectivity index (χ4v) is 2.91. The highest BCUT2D eigenvalue weighted by atomic mass is 35.5. The molecule has 0 aromatic carbocycles. The second kappa shape index (κ2) is 9.68. The predicted molar refractivity (Wildman–Crippen MR) is 72.6 cm³/mol. The zero-order chi connectivity index (χ0) is 11.6. The van der Waals surface area contributed by atoms with Gasteiger partial charge < -0.3 is 4.43 Å². The number of alkyl halides is 1. The zero-order valence-electron chi connectivity index (χ0n) is 10.7. The van der Waals surface area contributed by atoms with Crippen LogP contribution in [0.1, 0.15) is 59.3 Å². The second-order valence-corrected chi connectivity index (χ2v) is 6.60. The van der Waals surface area contributed by atoms with Crippen LogP contribution in [-0.4, -0.2) is 21.2 Å². The molecule has 0 aliphatic carbocycles. The van der Waals surface area contributed by atoms with E-state index >= 15 is 0 Å². The summed E-state index contributed by atoms with van der Waals surface area (Å²) in [5, 5.41) is 0. The van der Waals surface area contributed by atoms with E-state index in [0.29, 0.717) is 0 Å². The number of hydrogen-bond acceptors (Lipinski definition) is 1. The summed E-state index contributed by atoms with van der Waals surface area (Å²) in [7, 11) is -0.369. The van der Waals surface area contributed by atoms with Gasteiger partial charge in [-0.25, -0.2) is 0 Å². The largest absolute Gasteiger partial charge is 0.419 e. The van der Waals surface area contributed by atoms with Crippen molar-refractivity contribution in [2.24, 2.45) is 0 Å². The zero-order valence-corrected chi connectivity index (χ0v) is 12.8. The molecule has 0 unspecified atom stereocenters. The molecule has 0 spiro atoms. The van der Waals surface area contributed by atoms with Crippen LogP contribution in [0, 0.1) is 0 Å². The molecule has 0 aromatic rings. The molecule has 0 fully saturated rings. The molecule has 3 heteroatoms. The summed E-state index contributed by atoms with van der Waals surface area (Å²) >= 11 is 5.65. The first kappa shape index (κ1) is 15.5. The van der Waals surface area contributed by atoms with Crippen molar-refractivity contribution in [2.75, 3.05) is 5.88 Å². The van der Waals surface area contributed by atoms with Gasteiger partial charge in [0.25, 0.3) is 0 Å². The van der Waals surface area contributed by atoms with Crippen molar-refractivity contribution in [3.8, 4) is 0 Å². The van der Waals surface area contributed by atoms with Crippen LogP contribution in [0.4, 0.5) is 0 Å². The summed E-state index contributed by atoms with van der Waals surface area (Å²) in [6, 6.07) is 1.10. The Balaban J connectivity index is 3.38. The topological polar surface area (TPSA) is 9.23 Å². The van der Waals surface area contributed by atoms with Crippen molar-refractivity contribution >= 4 is 21.4 Å². The fourth-order valence-electron chi connectivity index (χ4n) is 1.63. The van der Waals surface area contributed by atoms with Gasteiger partial charge in [0, 0.05) is 11.5 Å². The van der Waals surface area contributed by atoms with Gasteiger partial charge in [-0.1, -0.05) is 39.0 Å². The van der Waals surface area contributed by atoms with Crippen molar-refractivity contribution in [3.63, 3.8) is 0 Å². The molecule has 15 heavy (non-hydrogen) atoms. The van der Waals surface area contributed by atoms with E-state index in [4.69, 9.17) is 16.0 Å². The molecule has 0 bridgehead atoms. The highest BCUT2D eigenvalue weighted by Crippen LogP contribution is 2.19. The van der Waals surface area contributed by atoms with Crippen LogP contribution in [0.3, 0.4) is 0 Å². The molecule has 1 nitrogen and oxygen atoms in total. The predicted octanol–water partition coefficient (Wildman–Crippen LogP) is 3.88. The Morgan fingerprint density at radius 3 is 2.40 bits per heavy atom. The molecular formula is C12H27ClOSi. The van der Waals surface area contributed by atoms with Gasteiger partial charge in [-0.3, -0.25) is 0 Å². The number of hydrogen-bond donors (Lipinski definition) is 0. The molecule has 0 atom stereocenters. The molecule has 0 heterocycles. The van der Waals surface area contributed by atoms with Crippen LogP contribution in [0.5, 0.6) is 0 Å². The summed E-state index contributed by atoms with van der Waals surface area (Å²) < 4.78 is 5.93. The third-order valence-corrected chi connectivity index (χ3v) is 5.00. The molecule has 0 radical (unpaired) electrons. The standard InChI is InChI=1S/C12H27ClOSi/c1-4-5-6-7-8-9-12(2,3)14-15-11-10-13/h4-11,15H2,1-3H3. The lowest BCUT2D eigenvalue weighted by atomic mass is 10.0. The van der Waals surface area contributed by atoms with E-state index in [9.17, 15) is 0 Å². The Labute approximate surface area is 103 Å². The van der Waals surface area contributed by atoms with Crippen LogP contribution in [0.15, 0.2) is 0 Å².